The molecule has 6 nitrogen and oxygen atoms in total. The normalized spacial score (nSPS) is 12.0. The molecule has 88 valence electrons. The van der Waals surface area contributed by atoms with E-state index in [-0.39, 0.29) is 5.82 Å². The standard InChI is InChI=1S/C10H9N3O3S/c14-9-8(11-3-4-12-9)13-7(10(15)16)6-2-1-5-17-6/h1-5,7H,(H,11,13)(H,12,14)(H,15,16). The Balaban J connectivity index is 2.29. The van der Waals surface area contributed by atoms with E-state index in [1.165, 1.54) is 23.7 Å². The molecule has 0 bridgehead atoms. The molecule has 0 saturated heterocycles. The number of nitrogens with zero attached hydrogens (tertiary/aromatic N) is 1. The minimum atomic E-state index is -1.06. The van der Waals surface area contributed by atoms with Gasteiger partial charge in [0.05, 0.1) is 0 Å². The maximum atomic E-state index is 11.4. The number of hydrogen-bond acceptors (Lipinski definition) is 5. The van der Waals surface area contributed by atoms with Gasteiger partial charge in [0.2, 0.25) is 0 Å². The zero-order chi connectivity index (χ0) is 12.3. The maximum Gasteiger partial charge on any atom is 0.331 e. The van der Waals surface area contributed by atoms with Crippen LogP contribution in [0.3, 0.4) is 0 Å². The Hall–Kier alpha value is -2.15. The van der Waals surface area contributed by atoms with Crippen LogP contribution in [0.5, 0.6) is 0 Å². The number of thiophene rings is 1. The van der Waals surface area contributed by atoms with Crippen LogP contribution < -0.4 is 10.9 Å². The van der Waals surface area contributed by atoms with Crippen LogP contribution in [-0.4, -0.2) is 21.0 Å². The number of nitrogens with one attached hydrogen (secondary N) is 2. The maximum absolute atomic E-state index is 11.4. The van der Waals surface area contributed by atoms with Gasteiger partial charge in [-0.15, -0.1) is 11.3 Å². The summed E-state index contributed by atoms with van der Waals surface area (Å²) in [6.45, 7) is 0. The number of hydrogen-bond donors (Lipinski definition) is 3. The van der Waals surface area contributed by atoms with E-state index in [2.05, 4.69) is 15.3 Å². The first-order chi connectivity index (χ1) is 8.18. The van der Waals surface area contributed by atoms with Gasteiger partial charge in [0, 0.05) is 17.3 Å². The van der Waals surface area contributed by atoms with Crippen molar-refractivity contribution in [1.82, 2.24) is 9.97 Å². The molecule has 0 fully saturated rings. The molecule has 0 aliphatic heterocycles. The average Bonchev–Trinajstić information content (AvgIpc) is 2.81. The summed E-state index contributed by atoms with van der Waals surface area (Å²) in [5.74, 6) is -1.06. The first-order valence-electron chi connectivity index (χ1n) is 4.75. The molecule has 0 spiro atoms. The number of anilines is 1. The lowest BCUT2D eigenvalue weighted by atomic mass is 10.2. The number of aromatic nitrogens is 2. The molecule has 17 heavy (non-hydrogen) atoms. The van der Waals surface area contributed by atoms with Crippen molar-refractivity contribution in [2.24, 2.45) is 0 Å². The third-order valence-electron chi connectivity index (χ3n) is 2.06. The summed E-state index contributed by atoms with van der Waals surface area (Å²) in [7, 11) is 0. The van der Waals surface area contributed by atoms with Crippen molar-refractivity contribution in [2.75, 3.05) is 5.32 Å². The number of carbonyl (C=O) groups is 1. The molecule has 0 radical (unpaired) electrons. The van der Waals surface area contributed by atoms with Crippen LogP contribution >= 0.6 is 11.3 Å². The summed E-state index contributed by atoms with van der Waals surface area (Å²) in [6.07, 6.45) is 2.77. The Labute approximate surface area is 100.0 Å². The van der Waals surface area contributed by atoms with E-state index in [4.69, 9.17) is 5.11 Å². The molecule has 7 heteroatoms. The van der Waals surface area contributed by atoms with E-state index in [1.54, 1.807) is 17.5 Å². The predicted octanol–water partition coefficient (Wildman–Crippen LogP) is 1.07. The van der Waals surface area contributed by atoms with Crippen molar-refractivity contribution >= 4 is 23.1 Å². The highest BCUT2D eigenvalue weighted by molar-refractivity contribution is 7.10. The summed E-state index contributed by atoms with van der Waals surface area (Å²) < 4.78 is 0. The Morgan fingerprint density at radius 3 is 3.00 bits per heavy atom. The largest absolute Gasteiger partial charge is 0.479 e. The molecule has 1 unspecified atom stereocenters. The summed E-state index contributed by atoms with van der Waals surface area (Å²) in [5.41, 5.74) is -0.449. The van der Waals surface area contributed by atoms with E-state index in [1.807, 2.05) is 0 Å². The SMILES string of the molecule is O=C(O)C(Nc1ncc[nH]c1=O)c1cccs1. The second-order valence-electron chi connectivity index (χ2n) is 3.20. The van der Waals surface area contributed by atoms with Crippen LogP contribution in [-0.2, 0) is 4.79 Å². The highest BCUT2D eigenvalue weighted by atomic mass is 32.1. The Morgan fingerprint density at radius 1 is 1.59 bits per heavy atom. The molecule has 0 amide bonds. The van der Waals surface area contributed by atoms with Gasteiger partial charge in [-0.1, -0.05) is 6.07 Å². The molecule has 0 aliphatic carbocycles. The number of H-pyrrole nitrogens is 1. The van der Waals surface area contributed by atoms with Gasteiger partial charge in [0.1, 0.15) is 0 Å². The summed E-state index contributed by atoms with van der Waals surface area (Å²) in [6, 6.07) is 2.47. The van der Waals surface area contributed by atoms with E-state index >= 15 is 0 Å². The second-order valence-corrected chi connectivity index (χ2v) is 4.18. The van der Waals surface area contributed by atoms with Crippen LogP contribution in [0.2, 0.25) is 0 Å². The zero-order valence-corrected chi connectivity index (χ0v) is 9.40. The number of carboxylic acids is 1. The van der Waals surface area contributed by atoms with Crippen molar-refractivity contribution in [1.29, 1.82) is 0 Å². The molecule has 1 atom stereocenters. The van der Waals surface area contributed by atoms with Crippen LogP contribution in [0.25, 0.3) is 0 Å². The topological polar surface area (TPSA) is 95.1 Å². The Bertz CT molecular complexity index is 564. The molecule has 0 saturated carbocycles. The molecule has 0 aromatic carbocycles. The van der Waals surface area contributed by atoms with Crippen molar-refractivity contribution < 1.29 is 9.90 Å². The van der Waals surface area contributed by atoms with Gasteiger partial charge in [0.15, 0.2) is 11.9 Å². The number of aromatic amines is 1. The number of carboxylic acid groups (broad SMARTS) is 1. The smallest absolute Gasteiger partial charge is 0.331 e. The molecule has 3 N–H and O–H groups in total. The van der Waals surface area contributed by atoms with Crippen molar-refractivity contribution in [3.05, 3.63) is 45.1 Å². The van der Waals surface area contributed by atoms with Gasteiger partial charge in [0.25, 0.3) is 5.56 Å². The molecular weight excluding hydrogens is 242 g/mol. The summed E-state index contributed by atoms with van der Waals surface area (Å²) in [4.78, 5) is 29.3. The zero-order valence-electron chi connectivity index (χ0n) is 8.58. The van der Waals surface area contributed by atoms with Crippen molar-refractivity contribution in [2.45, 2.75) is 6.04 Å². The summed E-state index contributed by atoms with van der Waals surface area (Å²) >= 11 is 1.30. The lowest BCUT2D eigenvalue weighted by Crippen LogP contribution is -2.24. The van der Waals surface area contributed by atoms with E-state index in [9.17, 15) is 9.59 Å². The molecule has 2 heterocycles. The Morgan fingerprint density at radius 2 is 2.41 bits per heavy atom. The van der Waals surface area contributed by atoms with E-state index in [0.29, 0.717) is 4.88 Å². The van der Waals surface area contributed by atoms with Gasteiger partial charge < -0.3 is 15.4 Å². The van der Waals surface area contributed by atoms with Gasteiger partial charge in [-0.05, 0) is 11.4 Å². The third kappa shape index (κ3) is 2.51. The van der Waals surface area contributed by atoms with Gasteiger partial charge in [-0.25, -0.2) is 9.78 Å². The number of aliphatic carboxylic acids is 1. The first-order valence-corrected chi connectivity index (χ1v) is 5.63. The van der Waals surface area contributed by atoms with Crippen LogP contribution in [0, 0.1) is 0 Å². The van der Waals surface area contributed by atoms with Crippen molar-refractivity contribution in [3.63, 3.8) is 0 Å². The molecule has 2 rings (SSSR count). The molecule has 2 aromatic rings. The van der Waals surface area contributed by atoms with E-state index in [0.717, 1.165) is 0 Å². The number of rotatable bonds is 4. The third-order valence-corrected chi connectivity index (χ3v) is 3.00. The molecular formula is C10H9N3O3S. The van der Waals surface area contributed by atoms with Crippen LogP contribution in [0.1, 0.15) is 10.9 Å². The van der Waals surface area contributed by atoms with Crippen LogP contribution in [0.4, 0.5) is 5.82 Å². The molecule has 2 aromatic heterocycles. The highest BCUT2D eigenvalue weighted by Gasteiger charge is 2.21. The molecule has 0 aliphatic rings. The monoisotopic (exact) mass is 251 g/mol. The highest BCUT2D eigenvalue weighted by Crippen LogP contribution is 2.21. The Kier molecular flexibility index (Phi) is 3.20. The fourth-order valence-electron chi connectivity index (χ4n) is 1.30. The lowest BCUT2D eigenvalue weighted by molar-refractivity contribution is -0.138. The quantitative estimate of drug-likeness (QED) is 0.755. The van der Waals surface area contributed by atoms with Gasteiger partial charge in [-0.3, -0.25) is 4.79 Å². The second kappa shape index (κ2) is 4.79. The fraction of sp³-hybridized carbons (Fsp3) is 0.100. The fourth-order valence-corrected chi connectivity index (χ4v) is 2.07. The lowest BCUT2D eigenvalue weighted by Gasteiger charge is -2.12. The van der Waals surface area contributed by atoms with Gasteiger partial charge in [-0.2, -0.15) is 0 Å². The average molecular weight is 251 g/mol. The summed E-state index contributed by atoms with van der Waals surface area (Å²) in [5, 5.41) is 13.5. The van der Waals surface area contributed by atoms with Crippen molar-refractivity contribution in [3.8, 4) is 0 Å². The van der Waals surface area contributed by atoms with E-state index < -0.39 is 17.6 Å². The first kappa shape index (κ1) is 11.3. The minimum Gasteiger partial charge on any atom is -0.479 e. The predicted molar refractivity (Wildman–Crippen MR) is 63.2 cm³/mol. The van der Waals surface area contributed by atoms with Crippen LogP contribution in [0.15, 0.2) is 34.7 Å². The minimum absolute atomic E-state index is 0.00620. The van der Waals surface area contributed by atoms with Gasteiger partial charge >= 0.3 is 5.97 Å².